The lowest BCUT2D eigenvalue weighted by Gasteiger charge is -2.03. The van der Waals surface area contributed by atoms with E-state index >= 15 is 0 Å². The van der Waals surface area contributed by atoms with Crippen molar-refractivity contribution in [3.63, 3.8) is 0 Å². The smallest absolute Gasteiger partial charge is 0.226 e. The van der Waals surface area contributed by atoms with Crippen LogP contribution in [0, 0.1) is 0 Å². The highest BCUT2D eigenvalue weighted by Gasteiger charge is 2.06. The zero-order valence-corrected chi connectivity index (χ0v) is 11.4. The number of amides is 1. The quantitative estimate of drug-likeness (QED) is 0.777. The molecule has 2 rings (SSSR count). The molecule has 102 valence electrons. The summed E-state index contributed by atoms with van der Waals surface area (Å²) in [7, 11) is 0. The molecule has 0 radical (unpaired) electrons. The number of fused-ring (bicyclic) bond motifs is 1. The van der Waals surface area contributed by atoms with Gasteiger partial charge in [-0.1, -0.05) is 32.3 Å². The second-order valence-electron chi connectivity index (χ2n) is 4.79. The Hall–Kier alpha value is -1.84. The van der Waals surface area contributed by atoms with E-state index in [4.69, 9.17) is 0 Å². The molecule has 0 fully saturated rings. The molecular weight excluding hydrogens is 238 g/mol. The molecule has 0 aliphatic rings. The number of carbonyl (C=O) groups excluding carboxylic acids is 1. The summed E-state index contributed by atoms with van der Waals surface area (Å²) in [6.45, 7) is 2.95. The number of hydrogen-bond donors (Lipinski definition) is 1. The van der Waals surface area contributed by atoms with Crippen LogP contribution in [0.4, 0.5) is 0 Å². The number of nitrogens with zero attached hydrogens (tertiary/aromatic N) is 2. The van der Waals surface area contributed by atoms with Gasteiger partial charge in [0.1, 0.15) is 5.65 Å². The van der Waals surface area contributed by atoms with Gasteiger partial charge >= 0.3 is 0 Å². The van der Waals surface area contributed by atoms with Crippen LogP contribution < -0.4 is 5.32 Å². The van der Waals surface area contributed by atoms with Gasteiger partial charge < -0.3 is 9.72 Å². The summed E-state index contributed by atoms with van der Waals surface area (Å²) in [6.07, 6.45) is 8.91. The fourth-order valence-corrected chi connectivity index (χ4v) is 2.08. The fourth-order valence-electron chi connectivity index (χ4n) is 2.08. The summed E-state index contributed by atoms with van der Waals surface area (Å²) in [4.78, 5) is 16.2. The number of nitrogens with one attached hydrogen (secondary N) is 1. The molecule has 0 saturated carbocycles. The molecule has 0 atom stereocenters. The first-order valence-electron chi connectivity index (χ1n) is 6.99. The summed E-state index contributed by atoms with van der Waals surface area (Å²) in [5, 5.41) is 2.95. The van der Waals surface area contributed by atoms with Gasteiger partial charge in [-0.3, -0.25) is 4.79 Å². The molecular formula is C15H21N3O. The van der Waals surface area contributed by atoms with Gasteiger partial charge in [0.2, 0.25) is 5.91 Å². The Balaban J connectivity index is 1.78. The molecule has 0 aliphatic heterocycles. The molecule has 19 heavy (non-hydrogen) atoms. The first-order valence-corrected chi connectivity index (χ1v) is 6.99. The van der Waals surface area contributed by atoms with E-state index in [1.54, 1.807) is 0 Å². The molecule has 0 aliphatic carbocycles. The summed E-state index contributed by atoms with van der Waals surface area (Å²) in [5.74, 6) is 0.0555. The molecule has 0 spiro atoms. The number of pyridine rings is 1. The molecule has 4 heteroatoms. The Morgan fingerprint density at radius 3 is 3.00 bits per heavy atom. The first-order chi connectivity index (χ1) is 9.29. The molecule has 2 aromatic rings. The highest BCUT2D eigenvalue weighted by atomic mass is 16.1. The van der Waals surface area contributed by atoms with Gasteiger partial charge in [-0.2, -0.15) is 0 Å². The maximum absolute atomic E-state index is 11.8. The summed E-state index contributed by atoms with van der Waals surface area (Å²) in [6, 6.07) is 5.83. The molecule has 1 amide bonds. The van der Waals surface area contributed by atoms with E-state index < -0.39 is 0 Å². The normalized spacial score (nSPS) is 10.8. The standard InChI is InChI=1S/C15H21N3O/c1-2-3-4-6-9-16-15(19)11-13-12-18-10-7-5-8-14(18)17-13/h5,7-8,10,12H,2-4,6,9,11H2,1H3,(H,16,19). The highest BCUT2D eigenvalue weighted by molar-refractivity contribution is 5.78. The number of rotatable bonds is 7. The number of aromatic nitrogens is 2. The minimum absolute atomic E-state index is 0.0555. The predicted molar refractivity (Wildman–Crippen MR) is 76.0 cm³/mol. The van der Waals surface area contributed by atoms with Crippen LogP contribution in [0.5, 0.6) is 0 Å². The third-order valence-electron chi connectivity index (χ3n) is 3.11. The summed E-state index contributed by atoms with van der Waals surface area (Å²) >= 11 is 0. The minimum Gasteiger partial charge on any atom is -0.356 e. The zero-order chi connectivity index (χ0) is 13.5. The van der Waals surface area contributed by atoms with E-state index in [0.717, 1.165) is 24.3 Å². The van der Waals surface area contributed by atoms with E-state index in [1.165, 1.54) is 19.3 Å². The van der Waals surface area contributed by atoms with Gasteiger partial charge in [0, 0.05) is 18.9 Å². The van der Waals surface area contributed by atoms with E-state index in [0.29, 0.717) is 6.42 Å². The van der Waals surface area contributed by atoms with Crippen LogP contribution in [0.25, 0.3) is 5.65 Å². The van der Waals surface area contributed by atoms with Crippen LogP contribution in [-0.4, -0.2) is 21.8 Å². The Bertz CT molecular complexity index is 500. The van der Waals surface area contributed by atoms with Crippen molar-refractivity contribution in [2.45, 2.75) is 39.0 Å². The van der Waals surface area contributed by atoms with Crippen molar-refractivity contribution >= 4 is 11.6 Å². The van der Waals surface area contributed by atoms with Crippen LogP contribution in [0.3, 0.4) is 0 Å². The summed E-state index contributed by atoms with van der Waals surface area (Å²) < 4.78 is 1.93. The van der Waals surface area contributed by atoms with E-state index in [2.05, 4.69) is 17.2 Å². The van der Waals surface area contributed by atoms with Gasteiger partial charge in [0.05, 0.1) is 12.1 Å². The van der Waals surface area contributed by atoms with Crippen molar-refractivity contribution in [1.29, 1.82) is 0 Å². The fraction of sp³-hybridized carbons (Fsp3) is 0.467. The van der Waals surface area contributed by atoms with Crippen LogP contribution in [0.2, 0.25) is 0 Å². The molecule has 0 unspecified atom stereocenters. The van der Waals surface area contributed by atoms with Crippen molar-refractivity contribution in [3.05, 3.63) is 36.3 Å². The van der Waals surface area contributed by atoms with Gasteiger partial charge in [-0.05, 0) is 18.6 Å². The summed E-state index contributed by atoms with van der Waals surface area (Å²) in [5.41, 5.74) is 1.70. The van der Waals surface area contributed by atoms with Crippen LogP contribution in [-0.2, 0) is 11.2 Å². The monoisotopic (exact) mass is 259 g/mol. The van der Waals surface area contributed by atoms with Crippen molar-refractivity contribution in [1.82, 2.24) is 14.7 Å². The maximum atomic E-state index is 11.8. The average molecular weight is 259 g/mol. The third-order valence-corrected chi connectivity index (χ3v) is 3.11. The largest absolute Gasteiger partial charge is 0.356 e. The first kappa shape index (κ1) is 13.6. The molecule has 0 aromatic carbocycles. The molecule has 0 saturated heterocycles. The van der Waals surface area contributed by atoms with Crippen molar-refractivity contribution in [2.24, 2.45) is 0 Å². The number of unbranched alkanes of at least 4 members (excludes halogenated alkanes) is 3. The zero-order valence-electron chi connectivity index (χ0n) is 11.4. The van der Waals surface area contributed by atoms with Crippen LogP contribution >= 0.6 is 0 Å². The number of carbonyl (C=O) groups is 1. The van der Waals surface area contributed by atoms with Gasteiger partial charge in [-0.25, -0.2) is 4.98 Å². The van der Waals surface area contributed by atoms with E-state index in [1.807, 2.05) is 35.0 Å². The van der Waals surface area contributed by atoms with Crippen LogP contribution in [0.15, 0.2) is 30.6 Å². The lowest BCUT2D eigenvalue weighted by molar-refractivity contribution is -0.120. The molecule has 0 bridgehead atoms. The van der Waals surface area contributed by atoms with Gasteiger partial charge in [0.15, 0.2) is 0 Å². The highest BCUT2D eigenvalue weighted by Crippen LogP contribution is 2.05. The average Bonchev–Trinajstić information content (AvgIpc) is 2.80. The number of imidazole rings is 1. The molecule has 4 nitrogen and oxygen atoms in total. The SMILES string of the molecule is CCCCCCNC(=O)Cc1cn2ccccc2n1. The maximum Gasteiger partial charge on any atom is 0.226 e. The Morgan fingerprint density at radius 2 is 2.21 bits per heavy atom. The van der Waals surface area contributed by atoms with Gasteiger partial charge in [0.25, 0.3) is 0 Å². The topological polar surface area (TPSA) is 46.4 Å². The lowest BCUT2D eigenvalue weighted by Crippen LogP contribution is -2.26. The van der Waals surface area contributed by atoms with Gasteiger partial charge in [-0.15, -0.1) is 0 Å². The Morgan fingerprint density at radius 1 is 1.32 bits per heavy atom. The molecule has 1 N–H and O–H groups in total. The number of hydrogen-bond acceptors (Lipinski definition) is 2. The lowest BCUT2D eigenvalue weighted by atomic mass is 10.2. The van der Waals surface area contributed by atoms with Crippen molar-refractivity contribution in [3.8, 4) is 0 Å². The molecule has 2 heterocycles. The van der Waals surface area contributed by atoms with E-state index in [9.17, 15) is 4.79 Å². The second-order valence-corrected chi connectivity index (χ2v) is 4.79. The van der Waals surface area contributed by atoms with Crippen molar-refractivity contribution in [2.75, 3.05) is 6.54 Å². The second kappa shape index (κ2) is 6.92. The Kier molecular flexibility index (Phi) is 4.95. The van der Waals surface area contributed by atoms with Crippen molar-refractivity contribution < 1.29 is 4.79 Å². The minimum atomic E-state index is 0.0555. The third kappa shape index (κ3) is 4.09. The van der Waals surface area contributed by atoms with Crippen LogP contribution in [0.1, 0.15) is 38.3 Å². The predicted octanol–water partition coefficient (Wildman–Crippen LogP) is 2.57. The Labute approximate surface area is 113 Å². The molecule has 2 aromatic heterocycles. The van der Waals surface area contributed by atoms with E-state index in [-0.39, 0.29) is 5.91 Å².